The van der Waals surface area contributed by atoms with Gasteiger partial charge in [-0.2, -0.15) is 0 Å². The van der Waals surface area contributed by atoms with Crippen molar-refractivity contribution in [3.63, 3.8) is 0 Å². The van der Waals surface area contributed by atoms with Crippen LogP contribution in [0.5, 0.6) is 0 Å². The smallest absolute Gasteiger partial charge is 0.550 e. The quantitative estimate of drug-likeness (QED) is 0.478. The Balaban J connectivity index is -0.000000120. The summed E-state index contributed by atoms with van der Waals surface area (Å²) in [6, 6.07) is 0. The average Bonchev–Trinajstić information content (AvgIpc) is 1.82. The Morgan fingerprint density at radius 2 is 1.12 bits per heavy atom. The summed E-state index contributed by atoms with van der Waals surface area (Å²) in [5.41, 5.74) is -2.97. The Bertz CT molecular complexity index is 244. The van der Waals surface area contributed by atoms with Crippen molar-refractivity contribution in [3.05, 3.63) is 0 Å². The minimum atomic E-state index is -2.97. The summed E-state index contributed by atoms with van der Waals surface area (Å²) in [4.78, 5) is 30.0. The minimum Gasteiger partial charge on any atom is -0.550 e. The van der Waals surface area contributed by atoms with Crippen molar-refractivity contribution in [3.8, 4) is 0 Å². The van der Waals surface area contributed by atoms with Crippen molar-refractivity contribution >= 4 is 17.9 Å². The number of carboxylic acids is 3. The molecule has 0 amide bonds. The third-order valence-electron chi connectivity index (χ3n) is 1.25. The van der Waals surface area contributed by atoms with Gasteiger partial charge in [-0.05, 0) is 0 Å². The van der Waals surface area contributed by atoms with Gasteiger partial charge in [-0.25, -0.2) is 0 Å². The number of carbonyl (C=O) groups is 3. The van der Waals surface area contributed by atoms with Crippen LogP contribution in [0.1, 0.15) is 12.8 Å². The first kappa shape index (κ1) is 31.4. The average molecular weight is 364 g/mol. The van der Waals surface area contributed by atoms with E-state index in [-0.39, 0.29) is 109 Å². The molecule has 0 fully saturated rings. The molecule has 11 heteroatoms. The van der Waals surface area contributed by atoms with Gasteiger partial charge in [-0.3, -0.25) is 0 Å². The van der Waals surface area contributed by atoms with Crippen LogP contribution in [0.4, 0.5) is 0 Å². The fourth-order valence-corrected chi connectivity index (χ4v) is 0.684. The monoisotopic (exact) mass is 364 g/mol. The summed E-state index contributed by atoms with van der Waals surface area (Å²) >= 11 is 0. The molecule has 0 aliphatic rings. The van der Waals surface area contributed by atoms with Crippen LogP contribution in [0.3, 0.4) is 0 Å². The van der Waals surface area contributed by atoms with E-state index in [0.717, 1.165) is 0 Å². The third kappa shape index (κ3) is 14.3. The summed E-state index contributed by atoms with van der Waals surface area (Å²) in [6.45, 7) is 0. The zero-order chi connectivity index (χ0) is 10.6. The normalized spacial score (nSPS) is 8.29. The predicted octanol–water partition coefficient (Wildman–Crippen LogP) is -14.2. The molecule has 0 radical (unpaired) electrons. The first-order valence-corrected chi connectivity index (χ1v) is 3.11. The number of carbonyl (C=O) groups excluding carboxylic acids is 3. The molecular formula is C6H5Na3O7Pd. The van der Waals surface area contributed by atoms with Crippen LogP contribution in [0.25, 0.3) is 0 Å². The number of carboxylic acid groups (broad SMARTS) is 3. The Hall–Kier alpha value is 2.03. The van der Waals surface area contributed by atoms with E-state index in [4.69, 9.17) is 5.11 Å². The Labute approximate surface area is 177 Å². The minimum absolute atomic E-state index is 0. The summed E-state index contributed by atoms with van der Waals surface area (Å²) in [6.07, 6.45) is -2.72. The molecule has 84 valence electrons. The molecule has 1 N–H and O–H groups in total. The van der Waals surface area contributed by atoms with Gasteiger partial charge in [0.15, 0.2) is 0 Å². The Morgan fingerprint density at radius 3 is 1.24 bits per heavy atom. The van der Waals surface area contributed by atoms with Crippen LogP contribution in [0.2, 0.25) is 0 Å². The standard InChI is InChI=1S/C6H8O7.3Na.Pd/c7-3(8)1-6(13,5(11)12)2-4(9)10;;;;/h13H,1-2H2,(H,7,8)(H,9,10)(H,11,12);;;;/q;3*+1;/p-3. The fraction of sp³-hybridized carbons (Fsp3) is 0.500. The Morgan fingerprint density at radius 1 is 0.882 bits per heavy atom. The second-order valence-corrected chi connectivity index (χ2v) is 2.42. The van der Waals surface area contributed by atoms with Gasteiger partial charge in [0.2, 0.25) is 0 Å². The van der Waals surface area contributed by atoms with Gasteiger partial charge >= 0.3 is 88.7 Å². The zero-order valence-corrected chi connectivity index (χ0v) is 17.2. The molecule has 0 aromatic carbocycles. The molecule has 0 heterocycles. The summed E-state index contributed by atoms with van der Waals surface area (Å²) in [7, 11) is 0. The maximum Gasteiger partial charge on any atom is 1.00 e. The van der Waals surface area contributed by atoms with E-state index in [1.807, 2.05) is 0 Å². The summed E-state index contributed by atoms with van der Waals surface area (Å²) < 4.78 is 0. The molecule has 0 aliphatic heterocycles. The molecule has 0 saturated carbocycles. The first-order chi connectivity index (χ1) is 5.78. The predicted molar refractivity (Wildman–Crippen MR) is 29.2 cm³/mol. The molecule has 17 heavy (non-hydrogen) atoms. The fourth-order valence-electron chi connectivity index (χ4n) is 0.684. The molecule has 0 aliphatic carbocycles. The second kappa shape index (κ2) is 14.4. The molecule has 0 atom stereocenters. The number of aliphatic hydroxyl groups is 1. The maximum atomic E-state index is 10.1. The molecule has 0 unspecified atom stereocenters. The molecule has 0 aromatic heterocycles. The maximum absolute atomic E-state index is 10.1. The van der Waals surface area contributed by atoms with Crippen molar-refractivity contribution in [2.75, 3.05) is 0 Å². The van der Waals surface area contributed by atoms with E-state index in [1.165, 1.54) is 0 Å². The number of aliphatic carboxylic acids is 3. The number of hydrogen-bond donors (Lipinski definition) is 1. The SMILES string of the molecule is O=C([O-])CC(O)(CC(=O)[O-])C(=O)[O-].[Na+].[Na+].[Na+].[Pd]. The van der Waals surface area contributed by atoms with Crippen LogP contribution in [0, 0.1) is 0 Å². The third-order valence-corrected chi connectivity index (χ3v) is 1.25. The van der Waals surface area contributed by atoms with Crippen LogP contribution < -0.4 is 104 Å². The van der Waals surface area contributed by atoms with Crippen LogP contribution in [-0.4, -0.2) is 28.6 Å². The van der Waals surface area contributed by atoms with Crippen molar-refractivity contribution in [1.29, 1.82) is 0 Å². The summed E-state index contributed by atoms with van der Waals surface area (Å²) in [5.74, 6) is -5.98. The molecule has 0 bridgehead atoms. The van der Waals surface area contributed by atoms with Crippen LogP contribution in [-0.2, 0) is 34.8 Å². The van der Waals surface area contributed by atoms with Crippen LogP contribution in [0.15, 0.2) is 0 Å². The van der Waals surface area contributed by atoms with E-state index in [9.17, 15) is 29.7 Å². The summed E-state index contributed by atoms with van der Waals surface area (Å²) in [5, 5.41) is 38.9. The van der Waals surface area contributed by atoms with Gasteiger partial charge in [0, 0.05) is 45.2 Å². The number of hydrogen-bond acceptors (Lipinski definition) is 7. The van der Waals surface area contributed by atoms with Gasteiger partial charge in [0.1, 0.15) is 5.60 Å². The topological polar surface area (TPSA) is 141 Å². The zero-order valence-electron chi connectivity index (χ0n) is 9.63. The van der Waals surface area contributed by atoms with Crippen molar-refractivity contribution in [2.24, 2.45) is 0 Å². The molecule has 0 saturated heterocycles. The largest absolute Gasteiger partial charge is 1.00 e. The molecule has 0 aromatic rings. The molecule has 0 rings (SSSR count). The van der Waals surface area contributed by atoms with E-state index < -0.39 is 36.4 Å². The van der Waals surface area contributed by atoms with Gasteiger partial charge in [0.25, 0.3) is 0 Å². The second-order valence-electron chi connectivity index (χ2n) is 2.42. The van der Waals surface area contributed by atoms with E-state index in [0.29, 0.717) is 0 Å². The van der Waals surface area contributed by atoms with Gasteiger partial charge in [-0.15, -0.1) is 0 Å². The van der Waals surface area contributed by atoms with E-state index >= 15 is 0 Å². The molecule has 7 nitrogen and oxygen atoms in total. The number of rotatable bonds is 5. The van der Waals surface area contributed by atoms with Gasteiger partial charge in [0.05, 0.1) is 5.97 Å². The van der Waals surface area contributed by atoms with Gasteiger partial charge in [-0.1, -0.05) is 0 Å². The van der Waals surface area contributed by atoms with Gasteiger partial charge < -0.3 is 34.8 Å². The molecule has 0 spiro atoms. The first-order valence-electron chi connectivity index (χ1n) is 3.11. The molecular weight excluding hydrogens is 359 g/mol. The van der Waals surface area contributed by atoms with Crippen molar-refractivity contribution < 1.29 is 144 Å². The van der Waals surface area contributed by atoms with Crippen LogP contribution >= 0.6 is 0 Å². The Kier molecular flexibility index (Phi) is 26.7. The van der Waals surface area contributed by atoms with Crippen molar-refractivity contribution in [1.82, 2.24) is 0 Å². The van der Waals surface area contributed by atoms with E-state index in [2.05, 4.69) is 0 Å². The van der Waals surface area contributed by atoms with E-state index in [1.54, 1.807) is 0 Å². The van der Waals surface area contributed by atoms with Crippen molar-refractivity contribution in [2.45, 2.75) is 18.4 Å².